The molecule has 178 valence electrons. The Balaban J connectivity index is 1.69. The van der Waals surface area contributed by atoms with E-state index in [0.29, 0.717) is 17.5 Å². The first-order chi connectivity index (χ1) is 16.3. The predicted molar refractivity (Wildman–Crippen MR) is 136 cm³/mol. The molecular weight excluding hydrogens is 428 g/mol. The van der Waals surface area contributed by atoms with Crippen LogP contribution in [-0.4, -0.2) is 53.7 Å². The fraction of sp³-hybridized carbons (Fsp3) is 0.286. The van der Waals surface area contributed by atoms with Gasteiger partial charge in [-0.2, -0.15) is 0 Å². The van der Waals surface area contributed by atoms with E-state index in [2.05, 4.69) is 18.7 Å². The van der Waals surface area contributed by atoms with E-state index in [4.69, 9.17) is 0 Å². The fourth-order valence-electron chi connectivity index (χ4n) is 3.79. The van der Waals surface area contributed by atoms with Gasteiger partial charge < -0.3 is 20.0 Å². The number of hydrogen-bond donors (Lipinski definition) is 2. The van der Waals surface area contributed by atoms with Crippen molar-refractivity contribution in [2.24, 2.45) is 0 Å². The molecule has 0 fully saturated rings. The van der Waals surface area contributed by atoms with Crippen molar-refractivity contribution in [1.82, 2.24) is 4.90 Å². The minimum atomic E-state index is -1.05. The maximum absolute atomic E-state index is 11.7. The van der Waals surface area contributed by atoms with Gasteiger partial charge in [-0.3, -0.25) is 4.79 Å². The van der Waals surface area contributed by atoms with Gasteiger partial charge in [-0.05, 0) is 54.7 Å². The quantitative estimate of drug-likeness (QED) is 0.403. The van der Waals surface area contributed by atoms with Gasteiger partial charge in [0.05, 0.1) is 12.6 Å². The number of carbonyl (C=O) groups is 2. The molecule has 34 heavy (non-hydrogen) atoms. The van der Waals surface area contributed by atoms with Crippen molar-refractivity contribution in [3.8, 4) is 11.1 Å². The molecule has 0 saturated heterocycles. The average Bonchev–Trinajstić information content (AvgIpc) is 2.86. The summed E-state index contributed by atoms with van der Waals surface area (Å²) in [6.45, 7) is 4.47. The Morgan fingerprint density at radius 2 is 1.62 bits per heavy atom. The van der Waals surface area contributed by atoms with Crippen LogP contribution >= 0.6 is 0 Å². The number of benzene rings is 3. The molecule has 0 saturated carbocycles. The maximum Gasteiger partial charge on any atom is 0.407 e. The summed E-state index contributed by atoms with van der Waals surface area (Å²) in [5, 5.41) is 20.0. The normalized spacial score (nSPS) is 11.8. The lowest BCUT2D eigenvalue weighted by atomic mass is 10.00. The standard InChI is InChI=1S/C28H32N2O4/c1-20(2)29(3)26-17-24(13-14-25(26)19-31)22-11-9-21(10-12-22)15-16-30(28(33)34)18-27(32)23-7-5-4-6-8-23/h4-14,17,19-20,27,32H,15-16,18H2,1-3H3,(H,33,34)/t27-/m0/s1. The van der Waals surface area contributed by atoms with E-state index < -0.39 is 12.2 Å². The van der Waals surface area contributed by atoms with Crippen molar-refractivity contribution in [3.05, 3.63) is 89.5 Å². The zero-order chi connectivity index (χ0) is 24.7. The van der Waals surface area contributed by atoms with Crippen LogP contribution in [0.1, 0.15) is 41.4 Å². The predicted octanol–water partition coefficient (Wildman–Crippen LogP) is 5.27. The first-order valence-corrected chi connectivity index (χ1v) is 11.4. The summed E-state index contributed by atoms with van der Waals surface area (Å²) in [4.78, 5) is 26.5. The molecule has 0 spiro atoms. The van der Waals surface area contributed by atoms with Gasteiger partial charge in [0.2, 0.25) is 0 Å². The van der Waals surface area contributed by atoms with Gasteiger partial charge in [-0.25, -0.2) is 4.79 Å². The Hall–Kier alpha value is -3.64. The van der Waals surface area contributed by atoms with E-state index in [-0.39, 0.29) is 19.1 Å². The summed E-state index contributed by atoms with van der Waals surface area (Å²) in [7, 11) is 1.98. The molecule has 0 aliphatic rings. The Morgan fingerprint density at radius 3 is 2.21 bits per heavy atom. The van der Waals surface area contributed by atoms with Crippen molar-refractivity contribution >= 4 is 18.1 Å². The summed E-state index contributed by atoms with van der Waals surface area (Å²) in [5.74, 6) is 0. The molecule has 0 aromatic heterocycles. The van der Waals surface area contributed by atoms with Gasteiger partial charge in [-0.1, -0.05) is 60.7 Å². The summed E-state index contributed by atoms with van der Waals surface area (Å²) in [5.41, 5.74) is 5.28. The number of aliphatic hydroxyl groups is 1. The second-order valence-electron chi connectivity index (χ2n) is 8.70. The summed E-state index contributed by atoms with van der Waals surface area (Å²) >= 11 is 0. The highest BCUT2D eigenvalue weighted by Gasteiger charge is 2.18. The molecule has 3 aromatic carbocycles. The van der Waals surface area contributed by atoms with Crippen LogP contribution in [0.25, 0.3) is 11.1 Å². The summed E-state index contributed by atoms with van der Waals surface area (Å²) in [6, 6.07) is 23.1. The van der Waals surface area contributed by atoms with Crippen LogP contribution in [0.3, 0.4) is 0 Å². The maximum atomic E-state index is 11.7. The van der Waals surface area contributed by atoms with E-state index in [0.717, 1.165) is 28.7 Å². The van der Waals surface area contributed by atoms with Crippen LogP contribution in [-0.2, 0) is 6.42 Å². The van der Waals surface area contributed by atoms with E-state index in [1.165, 1.54) is 4.90 Å². The lowest BCUT2D eigenvalue weighted by Gasteiger charge is -2.26. The monoisotopic (exact) mass is 460 g/mol. The Bertz CT molecular complexity index is 1100. The molecule has 1 atom stereocenters. The highest BCUT2D eigenvalue weighted by molar-refractivity contribution is 5.87. The van der Waals surface area contributed by atoms with Crippen molar-refractivity contribution in [3.63, 3.8) is 0 Å². The number of carbonyl (C=O) groups excluding carboxylic acids is 1. The first-order valence-electron chi connectivity index (χ1n) is 11.4. The smallest absolute Gasteiger partial charge is 0.407 e. The molecule has 0 aliphatic heterocycles. The number of aldehydes is 1. The molecule has 2 N–H and O–H groups in total. The SMILES string of the molecule is CC(C)N(C)c1cc(-c2ccc(CCN(C[C@H](O)c3ccccc3)C(=O)O)cc2)ccc1C=O. The molecule has 3 aromatic rings. The molecule has 0 unspecified atom stereocenters. The number of carboxylic acid groups (broad SMARTS) is 1. The number of aliphatic hydroxyl groups excluding tert-OH is 1. The van der Waals surface area contributed by atoms with Crippen molar-refractivity contribution in [1.29, 1.82) is 0 Å². The highest BCUT2D eigenvalue weighted by atomic mass is 16.4. The Labute approximate surface area is 201 Å². The van der Waals surface area contributed by atoms with Crippen LogP contribution < -0.4 is 4.90 Å². The molecule has 1 amide bonds. The fourth-order valence-corrected chi connectivity index (χ4v) is 3.79. The van der Waals surface area contributed by atoms with Gasteiger partial charge >= 0.3 is 6.09 Å². The molecule has 6 nitrogen and oxygen atoms in total. The molecule has 0 heterocycles. The van der Waals surface area contributed by atoms with Crippen LogP contribution in [0, 0.1) is 0 Å². The molecule has 6 heteroatoms. The van der Waals surface area contributed by atoms with Crippen LogP contribution in [0.4, 0.5) is 10.5 Å². The lowest BCUT2D eigenvalue weighted by molar-refractivity contribution is 0.0973. The minimum Gasteiger partial charge on any atom is -0.465 e. The van der Waals surface area contributed by atoms with Crippen LogP contribution in [0.5, 0.6) is 0 Å². The number of nitrogens with zero attached hydrogens (tertiary/aromatic N) is 2. The summed E-state index contributed by atoms with van der Waals surface area (Å²) in [6.07, 6.45) is -0.500. The molecule has 3 rings (SSSR count). The van der Waals surface area contributed by atoms with E-state index >= 15 is 0 Å². The largest absolute Gasteiger partial charge is 0.465 e. The van der Waals surface area contributed by atoms with Gasteiger partial charge in [0.15, 0.2) is 6.29 Å². The second-order valence-corrected chi connectivity index (χ2v) is 8.70. The zero-order valence-corrected chi connectivity index (χ0v) is 19.9. The third-order valence-electron chi connectivity index (χ3n) is 6.12. The summed E-state index contributed by atoms with van der Waals surface area (Å²) < 4.78 is 0. The average molecular weight is 461 g/mol. The van der Waals surface area contributed by atoms with E-state index in [1.807, 2.05) is 67.7 Å². The zero-order valence-electron chi connectivity index (χ0n) is 19.9. The molecule has 0 radical (unpaired) electrons. The second kappa shape index (κ2) is 11.5. The topological polar surface area (TPSA) is 81.1 Å². The van der Waals surface area contributed by atoms with E-state index in [1.54, 1.807) is 12.1 Å². The van der Waals surface area contributed by atoms with Crippen LogP contribution in [0.2, 0.25) is 0 Å². The number of hydrogen-bond acceptors (Lipinski definition) is 4. The highest BCUT2D eigenvalue weighted by Crippen LogP contribution is 2.28. The third-order valence-corrected chi connectivity index (χ3v) is 6.12. The molecule has 0 bridgehead atoms. The lowest BCUT2D eigenvalue weighted by Crippen LogP contribution is -2.35. The van der Waals surface area contributed by atoms with Crippen LogP contribution in [0.15, 0.2) is 72.8 Å². The van der Waals surface area contributed by atoms with Gasteiger partial charge in [0.25, 0.3) is 0 Å². The third kappa shape index (κ3) is 6.23. The van der Waals surface area contributed by atoms with Gasteiger partial charge in [0, 0.05) is 30.9 Å². The Kier molecular flexibility index (Phi) is 8.44. The van der Waals surface area contributed by atoms with Gasteiger partial charge in [0.1, 0.15) is 0 Å². The minimum absolute atomic E-state index is 0.0205. The van der Waals surface area contributed by atoms with Gasteiger partial charge in [-0.15, -0.1) is 0 Å². The first kappa shape index (κ1) is 25.0. The van der Waals surface area contributed by atoms with Crippen molar-refractivity contribution in [2.45, 2.75) is 32.4 Å². The molecule has 0 aliphatic carbocycles. The molecular formula is C28H32N2O4. The van der Waals surface area contributed by atoms with Crippen molar-refractivity contribution in [2.75, 3.05) is 25.0 Å². The number of amides is 1. The Morgan fingerprint density at radius 1 is 0.971 bits per heavy atom. The number of anilines is 1. The number of rotatable bonds is 10. The van der Waals surface area contributed by atoms with E-state index in [9.17, 15) is 19.8 Å². The van der Waals surface area contributed by atoms with Crippen molar-refractivity contribution < 1.29 is 19.8 Å².